The number of nitrogens with one attached hydrogen (secondary N) is 1. The normalized spacial score (nSPS) is 16.3. The van der Waals surface area contributed by atoms with E-state index in [1.165, 1.54) is 0 Å². The molecule has 0 spiro atoms. The van der Waals surface area contributed by atoms with Crippen LogP contribution in [0.25, 0.3) is 11.0 Å². The molecule has 0 bridgehead atoms. The average molecular weight is 377 g/mol. The molecule has 0 saturated heterocycles. The highest BCUT2D eigenvalue weighted by molar-refractivity contribution is 7.80. The van der Waals surface area contributed by atoms with Crippen molar-refractivity contribution in [2.45, 2.75) is 12.5 Å². The fourth-order valence-corrected chi connectivity index (χ4v) is 3.39. The highest BCUT2D eigenvalue weighted by Crippen LogP contribution is 2.34. The van der Waals surface area contributed by atoms with Gasteiger partial charge in [-0.2, -0.15) is 5.10 Å². The molecule has 6 nitrogen and oxygen atoms in total. The van der Waals surface area contributed by atoms with Gasteiger partial charge in [-0.1, -0.05) is 6.07 Å². The predicted octanol–water partition coefficient (Wildman–Crippen LogP) is 3.29. The van der Waals surface area contributed by atoms with Crippen LogP contribution in [0.5, 0.6) is 5.75 Å². The van der Waals surface area contributed by atoms with E-state index >= 15 is 0 Å². The summed E-state index contributed by atoms with van der Waals surface area (Å²) in [4.78, 5) is 8.76. The monoisotopic (exact) mass is 377 g/mol. The van der Waals surface area contributed by atoms with Gasteiger partial charge in [0.1, 0.15) is 5.75 Å². The predicted molar refractivity (Wildman–Crippen MR) is 110 cm³/mol. The van der Waals surface area contributed by atoms with Gasteiger partial charge < -0.3 is 10.1 Å². The molecule has 1 aliphatic heterocycles. The van der Waals surface area contributed by atoms with E-state index in [0.29, 0.717) is 5.11 Å². The number of hydrogen-bond acceptors (Lipinski definition) is 5. The van der Waals surface area contributed by atoms with Gasteiger partial charge in [0.2, 0.25) is 0 Å². The van der Waals surface area contributed by atoms with E-state index in [4.69, 9.17) is 22.1 Å². The summed E-state index contributed by atoms with van der Waals surface area (Å²) in [7, 11) is 3.47. The molecule has 27 heavy (non-hydrogen) atoms. The fourth-order valence-electron chi connectivity index (χ4n) is 3.22. The minimum Gasteiger partial charge on any atom is -0.497 e. The third kappa shape index (κ3) is 3.33. The number of hydrogen-bond donors (Lipinski definition) is 1. The zero-order chi connectivity index (χ0) is 18.8. The molecule has 0 saturated carbocycles. The Morgan fingerprint density at radius 1 is 1.11 bits per heavy atom. The number of rotatable bonds is 3. The van der Waals surface area contributed by atoms with Gasteiger partial charge >= 0.3 is 0 Å². The fraction of sp³-hybridized carbons (Fsp3) is 0.200. The molecule has 2 aromatic carbocycles. The Morgan fingerprint density at radius 3 is 2.56 bits per heavy atom. The summed E-state index contributed by atoms with van der Waals surface area (Å²) in [5.74, 6) is 0.824. The number of fused-ring (bicyclic) bond motifs is 1. The molecule has 1 unspecified atom stereocenters. The van der Waals surface area contributed by atoms with Crippen molar-refractivity contribution < 1.29 is 4.74 Å². The molecule has 136 valence electrons. The van der Waals surface area contributed by atoms with Crippen LogP contribution in [0.1, 0.15) is 23.6 Å². The second kappa shape index (κ2) is 7.28. The molecule has 1 aromatic heterocycles. The van der Waals surface area contributed by atoms with Crippen molar-refractivity contribution in [3.63, 3.8) is 0 Å². The molecule has 0 fully saturated rings. The van der Waals surface area contributed by atoms with Crippen LogP contribution in [-0.4, -0.2) is 40.0 Å². The highest BCUT2D eigenvalue weighted by Gasteiger charge is 2.31. The summed E-state index contributed by atoms with van der Waals surface area (Å²) in [6.07, 6.45) is 4.15. The molecule has 1 N–H and O–H groups in total. The van der Waals surface area contributed by atoms with E-state index in [2.05, 4.69) is 27.4 Å². The maximum atomic E-state index is 5.49. The number of benzene rings is 2. The van der Waals surface area contributed by atoms with Crippen molar-refractivity contribution in [1.82, 2.24) is 20.3 Å². The molecule has 7 heteroatoms. The van der Waals surface area contributed by atoms with E-state index in [1.807, 2.05) is 42.4 Å². The van der Waals surface area contributed by atoms with E-state index < -0.39 is 0 Å². The molecule has 0 radical (unpaired) electrons. The first-order chi connectivity index (χ1) is 13.2. The lowest BCUT2D eigenvalue weighted by Gasteiger charge is -2.23. The Kier molecular flexibility index (Phi) is 4.68. The van der Waals surface area contributed by atoms with Crippen LogP contribution in [0, 0.1) is 0 Å². The maximum absolute atomic E-state index is 5.49. The quantitative estimate of drug-likeness (QED) is 0.707. The number of thiocarbonyl (C=S) groups is 1. The standard InChI is InChI=1S/C20H19N5OS/c1-21-20(27)25-19(14-5-8-16-18(11-14)23-10-9-22-16)12-17(24-25)13-3-6-15(26-2)7-4-13/h3-11,19H,12H2,1-2H3,(H,21,27). The Balaban J connectivity index is 1.69. The smallest absolute Gasteiger partial charge is 0.189 e. The van der Waals surface area contributed by atoms with Gasteiger partial charge in [0.05, 0.1) is 29.9 Å². The SMILES string of the molecule is CNC(=S)N1N=C(c2ccc(OC)cc2)CC1c1ccc2nccnc2c1. The lowest BCUT2D eigenvalue weighted by molar-refractivity contribution is 0.367. The number of ether oxygens (including phenoxy) is 1. The van der Waals surface area contributed by atoms with Gasteiger partial charge in [-0.25, -0.2) is 5.01 Å². The summed E-state index contributed by atoms with van der Waals surface area (Å²) in [5, 5.41) is 10.3. The number of aromatic nitrogens is 2. The molecule has 0 amide bonds. The first-order valence-corrected chi connectivity index (χ1v) is 9.04. The van der Waals surface area contributed by atoms with Gasteiger partial charge in [-0.05, 0) is 59.7 Å². The van der Waals surface area contributed by atoms with Crippen LogP contribution < -0.4 is 10.1 Å². The summed E-state index contributed by atoms with van der Waals surface area (Å²) < 4.78 is 5.25. The largest absolute Gasteiger partial charge is 0.497 e. The lowest BCUT2D eigenvalue weighted by atomic mass is 9.98. The average Bonchev–Trinajstić information content (AvgIpc) is 3.18. The van der Waals surface area contributed by atoms with Crippen LogP contribution >= 0.6 is 12.2 Å². The molecule has 1 aliphatic rings. The Morgan fingerprint density at radius 2 is 1.85 bits per heavy atom. The number of hydrazone groups is 1. The van der Waals surface area contributed by atoms with Crippen molar-refractivity contribution in [3.8, 4) is 5.75 Å². The van der Waals surface area contributed by atoms with Gasteiger partial charge in [0, 0.05) is 25.9 Å². The second-order valence-corrected chi connectivity index (χ2v) is 6.59. The first kappa shape index (κ1) is 17.4. The third-order valence-corrected chi connectivity index (χ3v) is 5.02. The highest BCUT2D eigenvalue weighted by atomic mass is 32.1. The molecular formula is C20H19N5OS. The van der Waals surface area contributed by atoms with Crippen LogP contribution in [0.4, 0.5) is 0 Å². The number of methoxy groups -OCH3 is 1. The Labute approximate surface area is 162 Å². The van der Waals surface area contributed by atoms with Crippen LogP contribution in [0.15, 0.2) is 60.0 Å². The van der Waals surface area contributed by atoms with E-state index in [9.17, 15) is 0 Å². The molecule has 4 rings (SSSR count). The summed E-state index contributed by atoms with van der Waals surface area (Å²) in [6, 6.07) is 14.1. The first-order valence-electron chi connectivity index (χ1n) is 8.63. The van der Waals surface area contributed by atoms with E-state index in [-0.39, 0.29) is 6.04 Å². The minimum atomic E-state index is 0.00783. The second-order valence-electron chi connectivity index (χ2n) is 6.20. The summed E-state index contributed by atoms with van der Waals surface area (Å²) >= 11 is 5.49. The van der Waals surface area contributed by atoms with E-state index in [1.54, 1.807) is 19.5 Å². The maximum Gasteiger partial charge on any atom is 0.189 e. The van der Waals surface area contributed by atoms with Crippen molar-refractivity contribution >= 4 is 34.1 Å². The van der Waals surface area contributed by atoms with Crippen LogP contribution in [0.2, 0.25) is 0 Å². The van der Waals surface area contributed by atoms with Gasteiger partial charge in [-0.3, -0.25) is 9.97 Å². The zero-order valence-corrected chi connectivity index (χ0v) is 15.9. The van der Waals surface area contributed by atoms with Gasteiger partial charge in [0.15, 0.2) is 5.11 Å². The Hall–Kier alpha value is -3.06. The number of nitrogens with zero attached hydrogens (tertiary/aromatic N) is 4. The van der Waals surface area contributed by atoms with Crippen LogP contribution in [-0.2, 0) is 0 Å². The Bertz CT molecular complexity index is 1020. The lowest BCUT2D eigenvalue weighted by Crippen LogP contribution is -2.34. The molecule has 3 aromatic rings. The van der Waals surface area contributed by atoms with Gasteiger partial charge in [-0.15, -0.1) is 0 Å². The van der Waals surface area contributed by atoms with Crippen molar-refractivity contribution in [2.75, 3.05) is 14.2 Å². The molecule has 2 heterocycles. The molecular weight excluding hydrogens is 358 g/mol. The topological polar surface area (TPSA) is 62.6 Å². The van der Waals surface area contributed by atoms with Crippen molar-refractivity contribution in [2.24, 2.45) is 5.10 Å². The molecule has 0 aliphatic carbocycles. The van der Waals surface area contributed by atoms with Gasteiger partial charge in [0.25, 0.3) is 0 Å². The third-order valence-electron chi connectivity index (χ3n) is 4.63. The van der Waals surface area contributed by atoms with Crippen molar-refractivity contribution in [1.29, 1.82) is 0 Å². The van der Waals surface area contributed by atoms with Crippen molar-refractivity contribution in [3.05, 3.63) is 66.0 Å². The minimum absolute atomic E-state index is 0.00783. The van der Waals surface area contributed by atoms with E-state index in [0.717, 1.165) is 40.0 Å². The van der Waals surface area contributed by atoms with Crippen LogP contribution in [0.3, 0.4) is 0 Å². The zero-order valence-electron chi connectivity index (χ0n) is 15.1. The molecule has 1 atom stereocenters. The summed E-state index contributed by atoms with van der Waals surface area (Å²) in [6.45, 7) is 0. The summed E-state index contributed by atoms with van der Waals surface area (Å²) in [5.41, 5.74) is 4.89.